The zero-order chi connectivity index (χ0) is 26.0. The molecule has 0 atom stereocenters. The molecule has 184 valence electrons. The lowest BCUT2D eigenvalue weighted by molar-refractivity contribution is -0.122. The third-order valence-electron chi connectivity index (χ3n) is 5.78. The topological polar surface area (TPSA) is 84.9 Å². The Morgan fingerprint density at radius 1 is 1.00 bits per heavy atom. The minimum atomic E-state index is -0.808. The minimum Gasteiger partial charge on any atom is -0.493 e. The van der Waals surface area contributed by atoms with Crippen molar-refractivity contribution in [1.82, 2.24) is 5.32 Å². The second-order valence-corrected chi connectivity index (χ2v) is 8.97. The Hall–Kier alpha value is -3.81. The zero-order valence-electron chi connectivity index (χ0n) is 19.7. The number of ether oxygens (including phenoxy) is 2. The van der Waals surface area contributed by atoms with Crippen LogP contribution in [0.2, 0.25) is 10.0 Å². The standard InChI is InChI=1S/C27H22Cl2N2O5/c1-15-5-4-6-22(16(15)2)31-26(33)20(25(32)30-27(31)34)11-18-12-21(29)24(23(13-18)35-3)36-14-17-7-9-19(28)10-8-17/h4-13H,14H2,1-3H3,(H,30,32,34)/b20-11+. The first-order chi connectivity index (χ1) is 17.2. The van der Waals surface area contributed by atoms with Crippen molar-refractivity contribution >= 4 is 52.8 Å². The third-order valence-corrected chi connectivity index (χ3v) is 6.31. The molecule has 1 aliphatic heterocycles. The lowest BCUT2D eigenvalue weighted by Gasteiger charge is -2.28. The highest BCUT2D eigenvalue weighted by atomic mass is 35.5. The van der Waals surface area contributed by atoms with Crippen molar-refractivity contribution in [3.63, 3.8) is 0 Å². The van der Waals surface area contributed by atoms with Crippen LogP contribution in [0, 0.1) is 13.8 Å². The van der Waals surface area contributed by atoms with Crippen LogP contribution < -0.4 is 19.7 Å². The number of nitrogens with zero attached hydrogens (tertiary/aromatic N) is 1. The number of carbonyl (C=O) groups is 3. The molecule has 0 saturated carbocycles. The molecule has 0 bridgehead atoms. The number of amides is 4. The van der Waals surface area contributed by atoms with E-state index >= 15 is 0 Å². The predicted molar refractivity (Wildman–Crippen MR) is 139 cm³/mol. The van der Waals surface area contributed by atoms with Crippen molar-refractivity contribution in [2.24, 2.45) is 0 Å². The first kappa shape index (κ1) is 25.3. The molecule has 4 rings (SSSR count). The van der Waals surface area contributed by atoms with Crippen LogP contribution in [0.25, 0.3) is 6.08 Å². The monoisotopic (exact) mass is 524 g/mol. The van der Waals surface area contributed by atoms with Crippen LogP contribution >= 0.6 is 23.2 Å². The molecular formula is C27H22Cl2N2O5. The number of nitrogens with one attached hydrogen (secondary N) is 1. The molecule has 1 heterocycles. The molecule has 0 spiro atoms. The van der Waals surface area contributed by atoms with Gasteiger partial charge in [-0.2, -0.15) is 0 Å². The van der Waals surface area contributed by atoms with Crippen molar-refractivity contribution in [2.45, 2.75) is 20.5 Å². The van der Waals surface area contributed by atoms with E-state index in [1.165, 1.54) is 13.2 Å². The Balaban J connectivity index is 1.66. The Morgan fingerprint density at radius 3 is 2.42 bits per heavy atom. The van der Waals surface area contributed by atoms with Gasteiger partial charge in [0.25, 0.3) is 11.8 Å². The van der Waals surface area contributed by atoms with Gasteiger partial charge in [-0.05, 0) is 72.5 Å². The number of aryl methyl sites for hydroxylation is 1. The number of barbiturate groups is 1. The van der Waals surface area contributed by atoms with E-state index in [1.54, 1.807) is 43.3 Å². The molecule has 3 aromatic carbocycles. The smallest absolute Gasteiger partial charge is 0.335 e. The van der Waals surface area contributed by atoms with Gasteiger partial charge in [0.2, 0.25) is 0 Å². The highest BCUT2D eigenvalue weighted by molar-refractivity contribution is 6.39. The van der Waals surface area contributed by atoms with E-state index in [-0.39, 0.29) is 17.2 Å². The SMILES string of the molecule is COc1cc(/C=C2\C(=O)NC(=O)N(c3cccc(C)c3C)C2=O)cc(Cl)c1OCc1ccc(Cl)cc1. The molecule has 1 fully saturated rings. The van der Waals surface area contributed by atoms with Gasteiger partial charge in [0, 0.05) is 5.02 Å². The van der Waals surface area contributed by atoms with Gasteiger partial charge in [-0.1, -0.05) is 47.5 Å². The van der Waals surface area contributed by atoms with E-state index in [4.69, 9.17) is 32.7 Å². The highest BCUT2D eigenvalue weighted by Gasteiger charge is 2.37. The van der Waals surface area contributed by atoms with E-state index in [0.29, 0.717) is 27.8 Å². The molecule has 0 aliphatic carbocycles. The first-order valence-electron chi connectivity index (χ1n) is 10.9. The molecule has 0 radical (unpaired) electrons. The summed E-state index contributed by atoms with van der Waals surface area (Å²) < 4.78 is 11.3. The van der Waals surface area contributed by atoms with Crippen LogP contribution in [0.3, 0.4) is 0 Å². The predicted octanol–water partition coefficient (Wildman–Crippen LogP) is 5.86. The van der Waals surface area contributed by atoms with Crippen LogP contribution in [0.4, 0.5) is 10.5 Å². The maximum absolute atomic E-state index is 13.3. The van der Waals surface area contributed by atoms with E-state index in [0.717, 1.165) is 21.6 Å². The number of rotatable bonds is 6. The number of hydrogen-bond donors (Lipinski definition) is 1. The maximum Gasteiger partial charge on any atom is 0.335 e. The van der Waals surface area contributed by atoms with Crippen molar-refractivity contribution in [2.75, 3.05) is 12.0 Å². The molecule has 1 N–H and O–H groups in total. The van der Waals surface area contributed by atoms with E-state index in [1.807, 2.05) is 25.1 Å². The number of methoxy groups -OCH3 is 1. The molecule has 0 aromatic heterocycles. The molecule has 0 unspecified atom stereocenters. The quantitative estimate of drug-likeness (QED) is 0.322. The summed E-state index contributed by atoms with van der Waals surface area (Å²) in [6.07, 6.45) is 1.36. The number of urea groups is 1. The Bertz CT molecular complexity index is 1400. The van der Waals surface area contributed by atoms with Crippen LogP contribution in [0.1, 0.15) is 22.3 Å². The minimum absolute atomic E-state index is 0.219. The molecule has 9 heteroatoms. The molecule has 4 amide bonds. The fourth-order valence-corrected chi connectivity index (χ4v) is 4.12. The fourth-order valence-electron chi connectivity index (χ4n) is 3.72. The molecule has 3 aromatic rings. The second kappa shape index (κ2) is 10.4. The number of benzene rings is 3. The summed E-state index contributed by atoms with van der Waals surface area (Å²) in [6, 6.07) is 14.8. The lowest BCUT2D eigenvalue weighted by Crippen LogP contribution is -2.54. The summed E-state index contributed by atoms with van der Waals surface area (Å²) >= 11 is 12.4. The molecule has 1 saturated heterocycles. The van der Waals surface area contributed by atoms with Crippen LogP contribution in [-0.4, -0.2) is 25.0 Å². The third kappa shape index (κ3) is 5.08. The van der Waals surface area contributed by atoms with Gasteiger partial charge in [-0.25, -0.2) is 9.69 Å². The Kier molecular flexibility index (Phi) is 7.33. The summed E-state index contributed by atoms with van der Waals surface area (Å²) in [5.41, 5.74) is 3.14. The number of anilines is 1. The average molecular weight is 525 g/mol. The zero-order valence-corrected chi connectivity index (χ0v) is 21.2. The summed E-state index contributed by atoms with van der Waals surface area (Å²) in [4.78, 5) is 39.4. The van der Waals surface area contributed by atoms with Gasteiger partial charge in [-0.15, -0.1) is 0 Å². The number of halogens is 2. The van der Waals surface area contributed by atoms with Gasteiger partial charge in [0.15, 0.2) is 11.5 Å². The van der Waals surface area contributed by atoms with Crippen LogP contribution in [0.5, 0.6) is 11.5 Å². The normalized spacial score (nSPS) is 14.8. The van der Waals surface area contributed by atoms with Crippen molar-refractivity contribution in [1.29, 1.82) is 0 Å². The average Bonchev–Trinajstić information content (AvgIpc) is 2.84. The lowest BCUT2D eigenvalue weighted by atomic mass is 10.0. The summed E-state index contributed by atoms with van der Waals surface area (Å²) in [7, 11) is 1.46. The van der Waals surface area contributed by atoms with E-state index in [9.17, 15) is 14.4 Å². The first-order valence-corrected chi connectivity index (χ1v) is 11.7. The Morgan fingerprint density at radius 2 is 1.72 bits per heavy atom. The van der Waals surface area contributed by atoms with Gasteiger partial charge in [0.1, 0.15) is 12.2 Å². The Labute approximate surface area is 218 Å². The van der Waals surface area contributed by atoms with Gasteiger partial charge in [0.05, 0.1) is 17.8 Å². The fraction of sp³-hybridized carbons (Fsp3) is 0.148. The van der Waals surface area contributed by atoms with Crippen molar-refractivity contribution in [3.8, 4) is 11.5 Å². The summed E-state index contributed by atoms with van der Waals surface area (Å²) in [5.74, 6) is -0.919. The van der Waals surface area contributed by atoms with Gasteiger partial charge < -0.3 is 9.47 Å². The largest absolute Gasteiger partial charge is 0.493 e. The van der Waals surface area contributed by atoms with Crippen LogP contribution in [0.15, 0.2) is 60.2 Å². The number of carbonyl (C=O) groups excluding carboxylic acids is 3. The second-order valence-electron chi connectivity index (χ2n) is 8.13. The van der Waals surface area contributed by atoms with Gasteiger partial charge >= 0.3 is 6.03 Å². The van der Waals surface area contributed by atoms with Crippen LogP contribution in [-0.2, 0) is 16.2 Å². The van der Waals surface area contributed by atoms with E-state index < -0.39 is 17.8 Å². The number of imide groups is 2. The summed E-state index contributed by atoms with van der Waals surface area (Å²) in [6.45, 7) is 3.90. The van der Waals surface area contributed by atoms with Crippen molar-refractivity contribution in [3.05, 3.63) is 92.5 Å². The number of hydrogen-bond acceptors (Lipinski definition) is 5. The molecule has 7 nitrogen and oxygen atoms in total. The molecule has 36 heavy (non-hydrogen) atoms. The summed E-state index contributed by atoms with van der Waals surface area (Å²) in [5, 5.41) is 3.07. The van der Waals surface area contributed by atoms with Gasteiger partial charge in [-0.3, -0.25) is 14.9 Å². The van der Waals surface area contributed by atoms with Crippen molar-refractivity contribution < 1.29 is 23.9 Å². The molecule has 1 aliphatic rings. The van der Waals surface area contributed by atoms with E-state index in [2.05, 4.69) is 5.32 Å². The maximum atomic E-state index is 13.3. The highest BCUT2D eigenvalue weighted by Crippen LogP contribution is 2.38. The molecular weight excluding hydrogens is 503 g/mol.